The Labute approximate surface area is 154 Å². The van der Waals surface area contributed by atoms with Crippen LogP contribution in [-0.4, -0.2) is 37.6 Å². The number of aliphatic hydroxyl groups is 1. The lowest BCUT2D eigenvalue weighted by Crippen LogP contribution is -2.35. The summed E-state index contributed by atoms with van der Waals surface area (Å²) in [5.41, 5.74) is 1.88. The number of amides is 1. The first-order valence-electron chi connectivity index (χ1n) is 9.15. The Hall–Kier alpha value is -1.89. The third-order valence-electron chi connectivity index (χ3n) is 4.77. The summed E-state index contributed by atoms with van der Waals surface area (Å²) in [7, 11) is 1.60. The molecule has 3 rings (SSSR count). The molecule has 6 heteroatoms. The molecule has 0 spiro atoms. The number of aliphatic hydroxyl groups excluding tert-OH is 1. The lowest BCUT2D eigenvalue weighted by atomic mass is 9.96. The van der Waals surface area contributed by atoms with E-state index < -0.39 is 6.29 Å². The van der Waals surface area contributed by atoms with Crippen molar-refractivity contribution in [3.8, 4) is 0 Å². The summed E-state index contributed by atoms with van der Waals surface area (Å²) in [5.74, 6) is 1.10. The molecule has 2 atom stereocenters. The summed E-state index contributed by atoms with van der Waals surface area (Å²) in [6.45, 7) is 1.36. The van der Waals surface area contributed by atoms with E-state index in [-0.39, 0.29) is 12.5 Å². The van der Waals surface area contributed by atoms with Gasteiger partial charge in [-0.2, -0.15) is 0 Å². The number of benzene rings is 1. The molecule has 1 aliphatic carbocycles. The second-order valence-electron chi connectivity index (χ2n) is 6.85. The highest BCUT2D eigenvalue weighted by molar-refractivity contribution is 5.91. The molecule has 1 aromatic carbocycles. The molecule has 0 saturated heterocycles. The largest absolute Gasteiger partial charge is 0.459 e. The average Bonchev–Trinajstić information content (AvgIpc) is 3.52. The number of hydrogen-bond donors (Lipinski definition) is 2. The predicted molar refractivity (Wildman–Crippen MR) is 95.8 cm³/mol. The first kappa shape index (κ1) is 18.9. The molecule has 1 aliphatic heterocycles. The lowest BCUT2D eigenvalue weighted by molar-refractivity contribution is -0.154. The van der Waals surface area contributed by atoms with E-state index in [2.05, 4.69) is 5.32 Å². The van der Waals surface area contributed by atoms with Gasteiger partial charge < -0.3 is 24.6 Å². The van der Waals surface area contributed by atoms with Gasteiger partial charge >= 0.3 is 0 Å². The van der Waals surface area contributed by atoms with Crippen molar-refractivity contribution in [3.05, 3.63) is 47.2 Å². The maximum Gasteiger partial charge on any atom is 0.286 e. The zero-order chi connectivity index (χ0) is 18.4. The fraction of sp³-hybridized carbons (Fsp3) is 0.550. The van der Waals surface area contributed by atoms with Crippen molar-refractivity contribution in [1.82, 2.24) is 5.32 Å². The van der Waals surface area contributed by atoms with Crippen LogP contribution in [0.3, 0.4) is 0 Å². The molecule has 142 valence electrons. The van der Waals surface area contributed by atoms with Crippen LogP contribution < -0.4 is 5.32 Å². The molecular formula is C20H27NO5. The fourth-order valence-corrected chi connectivity index (χ4v) is 3.08. The summed E-state index contributed by atoms with van der Waals surface area (Å²) < 4.78 is 16.7. The fourth-order valence-electron chi connectivity index (χ4n) is 3.08. The average molecular weight is 361 g/mol. The van der Waals surface area contributed by atoms with E-state index >= 15 is 0 Å². The Morgan fingerprint density at radius 2 is 2.00 bits per heavy atom. The first-order chi connectivity index (χ1) is 12.7. The van der Waals surface area contributed by atoms with Gasteiger partial charge in [-0.3, -0.25) is 4.79 Å². The van der Waals surface area contributed by atoms with E-state index in [1.54, 1.807) is 7.11 Å². The third-order valence-corrected chi connectivity index (χ3v) is 4.77. The molecular weight excluding hydrogens is 334 g/mol. The van der Waals surface area contributed by atoms with Gasteiger partial charge in [0, 0.05) is 20.1 Å². The van der Waals surface area contributed by atoms with Crippen LogP contribution in [0.1, 0.15) is 30.4 Å². The van der Waals surface area contributed by atoms with Crippen molar-refractivity contribution in [2.45, 2.75) is 38.8 Å². The highest BCUT2D eigenvalue weighted by Crippen LogP contribution is 2.42. The van der Waals surface area contributed by atoms with Gasteiger partial charge in [-0.1, -0.05) is 24.3 Å². The van der Waals surface area contributed by atoms with Gasteiger partial charge in [-0.05, 0) is 41.9 Å². The van der Waals surface area contributed by atoms with Crippen LogP contribution in [0.25, 0.3) is 0 Å². The topological polar surface area (TPSA) is 77.0 Å². The molecule has 6 nitrogen and oxygen atoms in total. The molecule has 0 aromatic heterocycles. The van der Waals surface area contributed by atoms with E-state index in [4.69, 9.17) is 19.3 Å². The van der Waals surface area contributed by atoms with Crippen molar-refractivity contribution in [3.63, 3.8) is 0 Å². The van der Waals surface area contributed by atoms with Crippen molar-refractivity contribution >= 4 is 5.91 Å². The molecule has 0 radical (unpaired) electrons. The molecule has 0 bridgehead atoms. The SMILES string of the molecule is COCCNC(=O)C1=C[C@H](C2CC2)C[C@H](OCc2ccc(CO)cc2)O1. The van der Waals surface area contributed by atoms with E-state index in [0.29, 0.717) is 37.4 Å². The number of rotatable bonds is 9. The molecule has 1 aromatic rings. The second kappa shape index (κ2) is 9.16. The normalized spacial score (nSPS) is 22.5. The van der Waals surface area contributed by atoms with Crippen molar-refractivity contribution < 1.29 is 24.1 Å². The summed E-state index contributed by atoms with van der Waals surface area (Å²) in [5, 5.41) is 11.9. The maximum absolute atomic E-state index is 12.3. The number of allylic oxidation sites excluding steroid dienone is 1. The van der Waals surface area contributed by atoms with Gasteiger partial charge in [-0.25, -0.2) is 0 Å². The number of carbonyl (C=O) groups is 1. The van der Waals surface area contributed by atoms with Crippen LogP contribution in [0.5, 0.6) is 0 Å². The highest BCUT2D eigenvalue weighted by atomic mass is 16.7. The van der Waals surface area contributed by atoms with Gasteiger partial charge in [0.15, 0.2) is 5.76 Å². The monoisotopic (exact) mass is 361 g/mol. The Morgan fingerprint density at radius 3 is 2.65 bits per heavy atom. The summed E-state index contributed by atoms with van der Waals surface area (Å²) in [4.78, 5) is 12.3. The minimum Gasteiger partial charge on any atom is -0.459 e. The second-order valence-corrected chi connectivity index (χ2v) is 6.85. The number of nitrogens with one attached hydrogen (secondary N) is 1. The third kappa shape index (κ3) is 5.30. The Bertz CT molecular complexity index is 624. The smallest absolute Gasteiger partial charge is 0.286 e. The van der Waals surface area contributed by atoms with Gasteiger partial charge in [0.25, 0.3) is 5.91 Å². The van der Waals surface area contributed by atoms with E-state index in [1.165, 1.54) is 12.8 Å². The predicted octanol–water partition coefficient (Wildman–Crippen LogP) is 2.11. The first-order valence-corrected chi connectivity index (χ1v) is 9.15. The highest BCUT2D eigenvalue weighted by Gasteiger charge is 2.37. The summed E-state index contributed by atoms with van der Waals surface area (Å²) >= 11 is 0. The molecule has 2 aliphatic rings. The van der Waals surface area contributed by atoms with Crippen LogP contribution in [0.2, 0.25) is 0 Å². The van der Waals surface area contributed by atoms with Crippen molar-refractivity contribution in [2.75, 3.05) is 20.3 Å². The summed E-state index contributed by atoms with van der Waals surface area (Å²) in [6.07, 6.45) is 4.71. The molecule has 1 amide bonds. The molecule has 0 unspecified atom stereocenters. The Kier molecular flexibility index (Phi) is 6.66. The minimum absolute atomic E-state index is 0.0300. The van der Waals surface area contributed by atoms with Gasteiger partial charge in [0.05, 0.1) is 19.8 Å². The molecule has 2 N–H and O–H groups in total. The van der Waals surface area contributed by atoms with E-state index in [1.807, 2.05) is 30.3 Å². The van der Waals surface area contributed by atoms with Crippen LogP contribution in [0.15, 0.2) is 36.1 Å². The standard InChI is InChI=1S/C20H27NO5/c1-24-9-8-21-20(23)18-10-17(16-6-7-16)11-19(26-18)25-13-15-4-2-14(12-22)3-5-15/h2-5,10,16-17,19,22H,6-9,11-13H2,1H3,(H,21,23)/t17-,19+/m0/s1. The number of methoxy groups -OCH3 is 1. The van der Waals surface area contributed by atoms with E-state index in [0.717, 1.165) is 17.5 Å². The number of hydrogen-bond acceptors (Lipinski definition) is 5. The van der Waals surface area contributed by atoms with Gasteiger partial charge in [-0.15, -0.1) is 0 Å². The Morgan fingerprint density at radius 1 is 1.27 bits per heavy atom. The zero-order valence-corrected chi connectivity index (χ0v) is 15.1. The lowest BCUT2D eigenvalue weighted by Gasteiger charge is -2.29. The molecule has 1 saturated carbocycles. The Balaban J connectivity index is 1.57. The maximum atomic E-state index is 12.3. The molecule has 1 fully saturated rings. The van der Waals surface area contributed by atoms with Crippen molar-refractivity contribution in [1.29, 1.82) is 0 Å². The van der Waals surface area contributed by atoms with E-state index in [9.17, 15) is 4.79 Å². The summed E-state index contributed by atoms with van der Waals surface area (Å²) in [6, 6.07) is 7.62. The van der Waals surface area contributed by atoms with Crippen LogP contribution in [-0.2, 0) is 32.2 Å². The van der Waals surface area contributed by atoms with Gasteiger partial charge in [0.1, 0.15) is 0 Å². The molecule has 1 heterocycles. The zero-order valence-electron chi connectivity index (χ0n) is 15.1. The number of ether oxygens (including phenoxy) is 3. The van der Waals surface area contributed by atoms with Crippen LogP contribution in [0, 0.1) is 11.8 Å². The quantitative estimate of drug-likeness (QED) is 0.659. The molecule has 26 heavy (non-hydrogen) atoms. The van der Waals surface area contributed by atoms with Crippen LogP contribution >= 0.6 is 0 Å². The van der Waals surface area contributed by atoms with Crippen molar-refractivity contribution in [2.24, 2.45) is 11.8 Å². The van der Waals surface area contributed by atoms with Crippen LogP contribution in [0.4, 0.5) is 0 Å². The number of carbonyl (C=O) groups excluding carboxylic acids is 1. The minimum atomic E-state index is -0.425. The van der Waals surface area contributed by atoms with Gasteiger partial charge in [0.2, 0.25) is 6.29 Å².